The molecule has 0 bridgehead atoms. The molecule has 0 spiro atoms. The topological polar surface area (TPSA) is 197 Å². The summed E-state index contributed by atoms with van der Waals surface area (Å²) in [4.78, 5) is 40.6. The van der Waals surface area contributed by atoms with Crippen molar-refractivity contribution in [2.24, 2.45) is 0 Å². The molecule has 12 nitrogen and oxygen atoms in total. The van der Waals surface area contributed by atoms with Crippen molar-refractivity contribution in [2.45, 2.75) is 75.5 Å². The lowest BCUT2D eigenvalue weighted by molar-refractivity contribution is -0.140. The molecule has 184 valence electrons. The predicted octanol–water partition coefficient (Wildman–Crippen LogP) is -0.708. The van der Waals surface area contributed by atoms with Gasteiger partial charge in [-0.15, -0.1) is 0 Å². The Morgan fingerprint density at radius 2 is 0.625 bits per heavy atom. The zero-order valence-corrected chi connectivity index (χ0v) is 18.2. The summed E-state index contributed by atoms with van der Waals surface area (Å²) in [6, 6.07) is -1.07. The molecule has 0 aromatic rings. The van der Waals surface area contributed by atoms with Gasteiger partial charge in [0.05, 0.1) is 0 Å². The van der Waals surface area contributed by atoms with Crippen LogP contribution < -0.4 is 21.3 Å². The van der Waals surface area contributed by atoms with E-state index in [-0.39, 0.29) is 24.2 Å². The van der Waals surface area contributed by atoms with E-state index in [4.69, 9.17) is 20.4 Å². The molecule has 0 aromatic carbocycles. The average molecular weight is 461 g/mol. The summed E-state index contributed by atoms with van der Waals surface area (Å²) in [7, 11) is 0. The average Bonchev–Trinajstić information content (AvgIpc) is 3.56. The monoisotopic (exact) mass is 460 g/mol. The Bertz CT molecular complexity index is 490. The Morgan fingerprint density at radius 1 is 0.438 bits per heavy atom. The molecule has 4 saturated heterocycles. The van der Waals surface area contributed by atoms with Crippen molar-refractivity contribution in [1.82, 2.24) is 21.3 Å². The molecule has 8 N–H and O–H groups in total. The van der Waals surface area contributed by atoms with Gasteiger partial charge in [-0.25, -0.2) is 0 Å². The number of carbonyl (C=O) groups is 4. The van der Waals surface area contributed by atoms with E-state index >= 15 is 0 Å². The minimum absolute atomic E-state index is 0.269. The van der Waals surface area contributed by atoms with Gasteiger partial charge in [-0.2, -0.15) is 0 Å². The normalized spacial score (nSPS) is 28.2. The van der Waals surface area contributed by atoms with Crippen molar-refractivity contribution in [1.29, 1.82) is 0 Å². The summed E-state index contributed by atoms with van der Waals surface area (Å²) >= 11 is 0. The lowest BCUT2D eigenvalue weighted by atomic mass is 10.2. The third kappa shape index (κ3) is 11.4. The highest BCUT2D eigenvalue weighted by atomic mass is 16.4. The molecule has 0 aliphatic carbocycles. The van der Waals surface area contributed by atoms with E-state index in [0.29, 0.717) is 0 Å². The van der Waals surface area contributed by atoms with Crippen molar-refractivity contribution >= 4 is 23.9 Å². The van der Waals surface area contributed by atoms with E-state index in [2.05, 4.69) is 21.3 Å². The second-order valence-electron chi connectivity index (χ2n) is 7.95. The maximum Gasteiger partial charge on any atom is 0.320 e. The molecule has 4 aliphatic rings. The number of rotatable bonds is 4. The van der Waals surface area contributed by atoms with Gasteiger partial charge in [0, 0.05) is 0 Å². The van der Waals surface area contributed by atoms with Crippen LogP contribution in [-0.4, -0.2) is 94.6 Å². The van der Waals surface area contributed by atoms with Crippen LogP contribution in [-0.2, 0) is 19.2 Å². The van der Waals surface area contributed by atoms with Gasteiger partial charge in [-0.05, 0) is 77.5 Å². The fourth-order valence-corrected chi connectivity index (χ4v) is 3.58. The Hall–Kier alpha value is -2.28. The molecule has 0 amide bonds. The second kappa shape index (κ2) is 15.5. The maximum absolute atomic E-state index is 10.1. The molecule has 0 unspecified atom stereocenters. The molecule has 0 radical (unpaired) electrons. The van der Waals surface area contributed by atoms with E-state index < -0.39 is 23.9 Å². The van der Waals surface area contributed by atoms with Crippen molar-refractivity contribution in [3.63, 3.8) is 0 Å². The SMILES string of the molecule is O=C(O)[C@@H]1CCCN1.O=C(O)[C@@H]1CCCN1.O=C(O)[C@@H]1CCCN1.O=C(O)[C@H]1CCCN1. The van der Waals surface area contributed by atoms with Gasteiger partial charge >= 0.3 is 23.9 Å². The summed E-state index contributed by atoms with van der Waals surface area (Å²) in [5.41, 5.74) is 0. The first-order valence-corrected chi connectivity index (χ1v) is 11.1. The van der Waals surface area contributed by atoms with Crippen LogP contribution in [0.4, 0.5) is 0 Å². The second-order valence-corrected chi connectivity index (χ2v) is 7.95. The molecule has 4 aliphatic heterocycles. The van der Waals surface area contributed by atoms with Gasteiger partial charge in [0.1, 0.15) is 24.2 Å². The molecule has 4 heterocycles. The van der Waals surface area contributed by atoms with E-state index in [1.807, 2.05) is 0 Å². The van der Waals surface area contributed by atoms with Gasteiger partial charge in [0.25, 0.3) is 0 Å². The molecular formula is C20H36N4O8. The number of nitrogens with one attached hydrogen (secondary N) is 4. The molecule has 0 saturated carbocycles. The minimum Gasteiger partial charge on any atom is -0.480 e. The first-order chi connectivity index (χ1) is 15.2. The smallest absolute Gasteiger partial charge is 0.320 e. The van der Waals surface area contributed by atoms with Crippen LogP contribution in [0.5, 0.6) is 0 Å². The summed E-state index contributed by atoms with van der Waals surface area (Å²) in [6.45, 7) is 3.43. The molecule has 0 aromatic heterocycles. The third-order valence-electron chi connectivity index (χ3n) is 5.43. The lowest BCUT2D eigenvalue weighted by Gasteiger charge is -1.99. The Labute approximate surface area is 187 Å². The van der Waals surface area contributed by atoms with Gasteiger partial charge < -0.3 is 41.7 Å². The first kappa shape index (κ1) is 27.8. The van der Waals surface area contributed by atoms with E-state index in [1.165, 1.54) is 0 Å². The quantitative estimate of drug-likeness (QED) is 0.263. The number of carboxylic acids is 4. The zero-order chi connectivity index (χ0) is 23.9. The van der Waals surface area contributed by atoms with Crippen molar-refractivity contribution in [2.75, 3.05) is 26.2 Å². The van der Waals surface area contributed by atoms with Crippen LogP contribution in [0.3, 0.4) is 0 Å². The van der Waals surface area contributed by atoms with E-state index in [9.17, 15) is 19.2 Å². The van der Waals surface area contributed by atoms with E-state index in [0.717, 1.165) is 77.5 Å². The highest BCUT2D eigenvalue weighted by molar-refractivity contribution is 5.74. The molecular weight excluding hydrogens is 424 g/mol. The van der Waals surface area contributed by atoms with Crippen molar-refractivity contribution < 1.29 is 39.6 Å². The highest BCUT2D eigenvalue weighted by Gasteiger charge is 2.22. The van der Waals surface area contributed by atoms with Crippen LogP contribution in [0, 0.1) is 0 Å². The van der Waals surface area contributed by atoms with Crippen LogP contribution >= 0.6 is 0 Å². The first-order valence-electron chi connectivity index (χ1n) is 11.1. The fraction of sp³-hybridized carbons (Fsp3) is 0.800. The molecule has 4 atom stereocenters. The largest absolute Gasteiger partial charge is 0.480 e. The summed E-state index contributed by atoms with van der Waals surface area (Å²) < 4.78 is 0. The number of carboxylic acid groups (broad SMARTS) is 4. The fourth-order valence-electron chi connectivity index (χ4n) is 3.58. The van der Waals surface area contributed by atoms with Gasteiger partial charge in [0.2, 0.25) is 0 Å². The van der Waals surface area contributed by atoms with Gasteiger partial charge in [0.15, 0.2) is 0 Å². The van der Waals surface area contributed by atoms with Crippen LogP contribution in [0.1, 0.15) is 51.4 Å². The maximum atomic E-state index is 10.1. The van der Waals surface area contributed by atoms with Crippen molar-refractivity contribution in [3.05, 3.63) is 0 Å². The Balaban J connectivity index is 0.000000213. The zero-order valence-electron chi connectivity index (χ0n) is 18.2. The highest BCUT2D eigenvalue weighted by Crippen LogP contribution is 2.05. The third-order valence-corrected chi connectivity index (χ3v) is 5.43. The van der Waals surface area contributed by atoms with Crippen LogP contribution in [0.25, 0.3) is 0 Å². The lowest BCUT2D eigenvalue weighted by Crippen LogP contribution is -2.29. The summed E-state index contributed by atoms with van der Waals surface area (Å²) in [5, 5.41) is 44.8. The molecule has 4 rings (SSSR count). The summed E-state index contributed by atoms with van der Waals surface area (Å²) in [6.07, 6.45) is 7.14. The summed E-state index contributed by atoms with van der Waals surface area (Å²) in [5.74, 6) is -2.88. The van der Waals surface area contributed by atoms with Gasteiger partial charge in [-0.3, -0.25) is 19.2 Å². The van der Waals surface area contributed by atoms with Gasteiger partial charge in [-0.1, -0.05) is 0 Å². The number of hydrogen-bond donors (Lipinski definition) is 8. The minimum atomic E-state index is -0.720. The Morgan fingerprint density at radius 3 is 0.688 bits per heavy atom. The van der Waals surface area contributed by atoms with Crippen molar-refractivity contribution in [3.8, 4) is 0 Å². The number of aliphatic carboxylic acids is 4. The molecule has 4 fully saturated rings. The standard InChI is InChI=1S/4C5H9NO2/c4*7-5(8)4-2-1-3-6-4/h4*4,6H,1-3H2,(H,7,8)/t4*4-/m1000/s1. The predicted molar refractivity (Wildman–Crippen MR) is 115 cm³/mol. The van der Waals surface area contributed by atoms with Crippen LogP contribution in [0.15, 0.2) is 0 Å². The Kier molecular flexibility index (Phi) is 13.5. The number of hydrogen-bond acceptors (Lipinski definition) is 8. The molecule has 12 heteroatoms. The molecule has 32 heavy (non-hydrogen) atoms. The van der Waals surface area contributed by atoms with E-state index in [1.54, 1.807) is 0 Å². The van der Waals surface area contributed by atoms with Crippen LogP contribution in [0.2, 0.25) is 0 Å².